The molecule has 20 heavy (non-hydrogen) atoms. The van der Waals surface area contributed by atoms with Crippen molar-refractivity contribution in [3.63, 3.8) is 0 Å². The molecule has 0 fully saturated rings. The fourth-order valence-corrected chi connectivity index (χ4v) is 1.57. The lowest BCUT2D eigenvalue weighted by Crippen LogP contribution is -2.45. The van der Waals surface area contributed by atoms with Crippen LogP contribution in [0.2, 0.25) is 0 Å². The number of nitrogens with two attached hydrogens (primary N) is 1. The number of benzene rings is 1. The van der Waals surface area contributed by atoms with Crippen molar-refractivity contribution in [2.75, 3.05) is 6.54 Å². The molecule has 0 saturated carbocycles. The van der Waals surface area contributed by atoms with Gasteiger partial charge >= 0.3 is 0 Å². The number of carbonyl (C=O) groups is 1. The first kappa shape index (κ1) is 16.2. The number of nitrogens with one attached hydrogen (secondary N) is 1. The molecule has 0 spiro atoms. The SMILES string of the molecule is CC(C)(N)CNC(=O)c1cnn(-c2ccccc2)c1.Cl. The molecule has 1 aromatic carbocycles. The molecule has 6 heteroatoms. The van der Waals surface area contributed by atoms with Gasteiger partial charge in [-0.05, 0) is 26.0 Å². The number of amides is 1. The van der Waals surface area contributed by atoms with E-state index in [4.69, 9.17) is 5.73 Å². The predicted molar refractivity (Wildman–Crippen MR) is 81.4 cm³/mol. The van der Waals surface area contributed by atoms with E-state index in [1.807, 2.05) is 44.2 Å². The number of hydrogen-bond donors (Lipinski definition) is 2. The molecule has 1 heterocycles. The van der Waals surface area contributed by atoms with Gasteiger partial charge in [0.25, 0.3) is 5.91 Å². The maximum Gasteiger partial charge on any atom is 0.254 e. The number of hydrogen-bond acceptors (Lipinski definition) is 3. The summed E-state index contributed by atoms with van der Waals surface area (Å²) in [5.74, 6) is -0.166. The van der Waals surface area contributed by atoms with Crippen LogP contribution in [0.1, 0.15) is 24.2 Å². The van der Waals surface area contributed by atoms with E-state index in [1.54, 1.807) is 17.1 Å². The number of carbonyl (C=O) groups excluding carboxylic acids is 1. The molecule has 0 bridgehead atoms. The summed E-state index contributed by atoms with van der Waals surface area (Å²) < 4.78 is 1.67. The highest BCUT2D eigenvalue weighted by molar-refractivity contribution is 5.93. The van der Waals surface area contributed by atoms with Gasteiger partial charge in [-0.15, -0.1) is 12.4 Å². The molecule has 2 aromatic rings. The summed E-state index contributed by atoms with van der Waals surface area (Å²) in [4.78, 5) is 11.9. The van der Waals surface area contributed by atoms with Gasteiger partial charge in [-0.1, -0.05) is 18.2 Å². The largest absolute Gasteiger partial charge is 0.350 e. The van der Waals surface area contributed by atoms with E-state index < -0.39 is 5.54 Å². The Morgan fingerprint density at radius 3 is 2.60 bits per heavy atom. The first-order valence-electron chi connectivity index (χ1n) is 6.13. The molecular formula is C14H19ClN4O. The van der Waals surface area contributed by atoms with E-state index in [1.165, 1.54) is 0 Å². The van der Waals surface area contributed by atoms with Crippen molar-refractivity contribution in [3.8, 4) is 5.69 Å². The molecule has 0 aliphatic heterocycles. The molecule has 0 unspecified atom stereocenters. The molecule has 1 amide bonds. The van der Waals surface area contributed by atoms with Crippen LogP contribution in [0.15, 0.2) is 42.7 Å². The van der Waals surface area contributed by atoms with Crippen molar-refractivity contribution < 1.29 is 4.79 Å². The van der Waals surface area contributed by atoms with Gasteiger partial charge in [0.2, 0.25) is 0 Å². The van der Waals surface area contributed by atoms with E-state index in [2.05, 4.69) is 10.4 Å². The van der Waals surface area contributed by atoms with Crippen LogP contribution in [0.5, 0.6) is 0 Å². The zero-order chi connectivity index (χ0) is 13.9. The third-order valence-corrected chi connectivity index (χ3v) is 2.57. The molecule has 108 valence electrons. The third kappa shape index (κ3) is 4.36. The van der Waals surface area contributed by atoms with E-state index >= 15 is 0 Å². The van der Waals surface area contributed by atoms with Crippen molar-refractivity contribution >= 4 is 18.3 Å². The van der Waals surface area contributed by atoms with Crippen LogP contribution in [0, 0.1) is 0 Å². The van der Waals surface area contributed by atoms with Crippen molar-refractivity contribution in [2.24, 2.45) is 5.73 Å². The molecule has 0 radical (unpaired) electrons. The average Bonchev–Trinajstić information content (AvgIpc) is 2.86. The van der Waals surface area contributed by atoms with Crippen LogP contribution in [-0.4, -0.2) is 27.8 Å². The second-order valence-corrected chi connectivity index (χ2v) is 5.18. The quantitative estimate of drug-likeness (QED) is 0.902. The fraction of sp³-hybridized carbons (Fsp3) is 0.286. The Morgan fingerprint density at radius 2 is 2.00 bits per heavy atom. The molecule has 1 aromatic heterocycles. The summed E-state index contributed by atoms with van der Waals surface area (Å²) in [6, 6.07) is 9.64. The highest BCUT2D eigenvalue weighted by Gasteiger charge is 2.14. The van der Waals surface area contributed by atoms with Crippen LogP contribution in [0.4, 0.5) is 0 Å². The Balaban J connectivity index is 0.00000200. The average molecular weight is 295 g/mol. The molecular weight excluding hydrogens is 276 g/mol. The second kappa shape index (κ2) is 6.54. The molecule has 0 aliphatic carbocycles. The third-order valence-electron chi connectivity index (χ3n) is 2.57. The molecule has 0 aliphatic rings. The van der Waals surface area contributed by atoms with Gasteiger partial charge in [-0.25, -0.2) is 4.68 Å². The van der Waals surface area contributed by atoms with Gasteiger partial charge < -0.3 is 11.1 Å². The number of rotatable bonds is 4. The van der Waals surface area contributed by atoms with Crippen molar-refractivity contribution in [3.05, 3.63) is 48.3 Å². The van der Waals surface area contributed by atoms with Gasteiger partial charge in [0.1, 0.15) is 0 Å². The lowest BCUT2D eigenvalue weighted by Gasteiger charge is -2.18. The normalized spacial score (nSPS) is 10.8. The first-order valence-corrected chi connectivity index (χ1v) is 6.13. The van der Waals surface area contributed by atoms with Gasteiger partial charge in [-0.2, -0.15) is 5.10 Å². The van der Waals surface area contributed by atoms with Gasteiger partial charge in [-0.3, -0.25) is 4.79 Å². The first-order chi connectivity index (χ1) is 8.96. The molecule has 3 N–H and O–H groups in total. The summed E-state index contributed by atoms with van der Waals surface area (Å²) in [5.41, 5.74) is 6.84. The minimum atomic E-state index is -0.426. The summed E-state index contributed by atoms with van der Waals surface area (Å²) >= 11 is 0. The molecule has 5 nitrogen and oxygen atoms in total. The number of nitrogens with zero attached hydrogens (tertiary/aromatic N) is 2. The monoisotopic (exact) mass is 294 g/mol. The highest BCUT2D eigenvalue weighted by atomic mass is 35.5. The second-order valence-electron chi connectivity index (χ2n) is 5.18. The number of para-hydroxylation sites is 1. The Hall–Kier alpha value is -1.85. The molecule has 0 saturated heterocycles. The zero-order valence-electron chi connectivity index (χ0n) is 11.5. The number of aromatic nitrogens is 2. The standard InChI is InChI=1S/C14H18N4O.ClH/c1-14(2,15)10-16-13(19)11-8-17-18(9-11)12-6-4-3-5-7-12;/h3-9H,10,15H2,1-2H3,(H,16,19);1H. The predicted octanol–water partition coefficient (Wildman–Crippen LogP) is 1.76. The van der Waals surface area contributed by atoms with Gasteiger partial charge in [0, 0.05) is 18.3 Å². The smallest absolute Gasteiger partial charge is 0.254 e. The lowest BCUT2D eigenvalue weighted by atomic mass is 10.1. The summed E-state index contributed by atoms with van der Waals surface area (Å²) in [6.07, 6.45) is 3.25. The Kier molecular flexibility index (Phi) is 5.30. The van der Waals surface area contributed by atoms with Gasteiger partial charge in [0.15, 0.2) is 0 Å². The van der Waals surface area contributed by atoms with Crippen LogP contribution in [0.25, 0.3) is 5.69 Å². The highest BCUT2D eigenvalue weighted by Crippen LogP contribution is 2.07. The molecule has 0 atom stereocenters. The van der Waals surface area contributed by atoms with E-state index in [-0.39, 0.29) is 18.3 Å². The number of halogens is 1. The van der Waals surface area contributed by atoms with Crippen molar-refractivity contribution in [1.29, 1.82) is 0 Å². The zero-order valence-corrected chi connectivity index (χ0v) is 12.4. The van der Waals surface area contributed by atoms with Crippen LogP contribution >= 0.6 is 12.4 Å². The lowest BCUT2D eigenvalue weighted by molar-refractivity contribution is 0.0946. The summed E-state index contributed by atoms with van der Waals surface area (Å²) in [6.45, 7) is 4.14. The van der Waals surface area contributed by atoms with Crippen LogP contribution in [-0.2, 0) is 0 Å². The Bertz CT molecular complexity index is 560. The Labute approximate surface area is 124 Å². The van der Waals surface area contributed by atoms with Crippen LogP contribution in [0.3, 0.4) is 0 Å². The maximum atomic E-state index is 11.9. The summed E-state index contributed by atoms with van der Waals surface area (Å²) in [7, 11) is 0. The summed E-state index contributed by atoms with van der Waals surface area (Å²) in [5, 5.41) is 6.96. The minimum Gasteiger partial charge on any atom is -0.350 e. The maximum absolute atomic E-state index is 11.9. The molecule has 2 rings (SSSR count). The van der Waals surface area contributed by atoms with E-state index in [9.17, 15) is 4.79 Å². The topological polar surface area (TPSA) is 72.9 Å². The van der Waals surface area contributed by atoms with Crippen molar-refractivity contribution in [1.82, 2.24) is 15.1 Å². The van der Waals surface area contributed by atoms with E-state index in [0.717, 1.165) is 5.69 Å². The van der Waals surface area contributed by atoms with Gasteiger partial charge in [0.05, 0.1) is 17.4 Å². The minimum absolute atomic E-state index is 0. The fourth-order valence-electron chi connectivity index (χ4n) is 1.57. The van der Waals surface area contributed by atoms with Crippen LogP contribution < -0.4 is 11.1 Å². The van der Waals surface area contributed by atoms with E-state index in [0.29, 0.717) is 12.1 Å². The Morgan fingerprint density at radius 1 is 1.35 bits per heavy atom. The van der Waals surface area contributed by atoms with Crippen molar-refractivity contribution in [2.45, 2.75) is 19.4 Å².